The van der Waals surface area contributed by atoms with Crippen molar-refractivity contribution in [2.24, 2.45) is 28.6 Å². The smallest absolute Gasteiger partial charge is 0.307 e. The van der Waals surface area contributed by atoms with E-state index in [2.05, 4.69) is 0 Å². The predicted molar refractivity (Wildman–Crippen MR) is 79.9 cm³/mol. The number of hydrogen-bond acceptors (Lipinski definition) is 3. The summed E-state index contributed by atoms with van der Waals surface area (Å²) in [7, 11) is 0. The fourth-order valence-electron chi connectivity index (χ4n) is 4.61. The van der Waals surface area contributed by atoms with E-state index in [4.69, 9.17) is 11.6 Å². The number of aliphatic carboxylic acids is 1. The number of rotatable bonds is 5. The largest absolute Gasteiger partial charge is 0.481 e. The first kappa shape index (κ1) is 16.3. The van der Waals surface area contributed by atoms with Crippen molar-refractivity contribution in [2.45, 2.75) is 33.6 Å². The lowest BCUT2D eigenvalue weighted by molar-refractivity contribution is -0.510. The third-order valence-corrected chi connectivity index (χ3v) is 5.38. The van der Waals surface area contributed by atoms with Crippen molar-refractivity contribution in [3.63, 3.8) is 0 Å². The van der Waals surface area contributed by atoms with Gasteiger partial charge in [0.2, 0.25) is 6.54 Å². The van der Waals surface area contributed by atoms with Crippen LogP contribution in [0.4, 0.5) is 0 Å². The Hall–Kier alpha value is -1.10. The number of nitrogens with zero attached hydrogens (tertiary/aromatic N) is 1. The van der Waals surface area contributed by atoms with Crippen LogP contribution in [0.3, 0.4) is 0 Å². The van der Waals surface area contributed by atoms with Crippen LogP contribution in [0.25, 0.3) is 0 Å². The fraction of sp³-hybridized carbons (Fsp3) is 0.800. The number of alkyl halides is 1. The molecule has 0 aliphatic heterocycles. The van der Waals surface area contributed by atoms with Gasteiger partial charge in [-0.3, -0.25) is 14.9 Å². The minimum atomic E-state index is -0.935. The molecule has 1 unspecified atom stereocenters. The second kappa shape index (κ2) is 5.27. The highest BCUT2D eigenvalue weighted by Crippen LogP contribution is 2.64. The third-order valence-electron chi connectivity index (χ3n) is 5.04. The number of carboxylic acid groups (broad SMARTS) is 1. The first-order valence-corrected chi connectivity index (χ1v) is 7.75. The number of nitro groups is 1. The molecule has 5 nitrogen and oxygen atoms in total. The highest BCUT2D eigenvalue weighted by molar-refractivity contribution is 6.19. The van der Waals surface area contributed by atoms with Crippen molar-refractivity contribution in [3.05, 3.63) is 21.8 Å². The summed E-state index contributed by atoms with van der Waals surface area (Å²) in [6.07, 6.45) is 3.46. The quantitative estimate of drug-likeness (QED) is 0.365. The van der Waals surface area contributed by atoms with Crippen molar-refractivity contribution >= 4 is 17.6 Å². The molecule has 0 bridgehead atoms. The van der Waals surface area contributed by atoms with Gasteiger partial charge in [-0.2, -0.15) is 0 Å². The summed E-state index contributed by atoms with van der Waals surface area (Å²) in [4.78, 5) is 22.6. The van der Waals surface area contributed by atoms with E-state index in [0.29, 0.717) is 18.2 Å². The highest BCUT2D eigenvalue weighted by Gasteiger charge is 2.65. The Morgan fingerprint density at radius 3 is 2.67 bits per heavy atom. The Bertz CT molecular complexity index is 496. The first-order chi connectivity index (χ1) is 9.61. The van der Waals surface area contributed by atoms with Crippen LogP contribution in [-0.2, 0) is 4.79 Å². The second-order valence-corrected chi connectivity index (χ2v) is 7.78. The van der Waals surface area contributed by atoms with Crippen molar-refractivity contribution in [3.8, 4) is 0 Å². The molecular weight excluding hydrogens is 294 g/mol. The first-order valence-electron chi connectivity index (χ1n) is 7.22. The summed E-state index contributed by atoms with van der Waals surface area (Å²) in [6, 6.07) is 0. The van der Waals surface area contributed by atoms with Gasteiger partial charge in [0.05, 0.1) is 11.3 Å². The number of halogens is 1. The van der Waals surface area contributed by atoms with E-state index < -0.39 is 22.7 Å². The van der Waals surface area contributed by atoms with Crippen molar-refractivity contribution in [1.29, 1.82) is 0 Å². The number of carbonyl (C=O) groups is 1. The highest BCUT2D eigenvalue weighted by atomic mass is 35.5. The van der Waals surface area contributed by atoms with Crippen LogP contribution in [0, 0.1) is 38.7 Å². The Kier molecular flexibility index (Phi) is 4.08. The Morgan fingerprint density at radius 2 is 2.24 bits per heavy atom. The molecule has 1 fully saturated rings. The standard InChI is InChI=1S/C15H22ClNO4/c1-14(2,3)12(13(18)19)15(8-17(20)21)6-10-4-9(7-16)5-11(10)15/h5,10-12H,4,6-8H2,1-3H3,(H,18,19)/t10-,11-,12?,15-/m0/s1. The van der Waals surface area contributed by atoms with Gasteiger partial charge in [-0.05, 0) is 30.1 Å². The summed E-state index contributed by atoms with van der Waals surface area (Å²) in [5.41, 5.74) is -0.217. The average Bonchev–Trinajstić information content (AvgIpc) is 2.63. The van der Waals surface area contributed by atoms with Crippen LogP contribution in [0.5, 0.6) is 0 Å². The molecule has 6 heteroatoms. The number of fused-ring (bicyclic) bond motifs is 1. The molecule has 118 valence electrons. The molecule has 0 aromatic heterocycles. The molecule has 0 saturated heterocycles. The van der Waals surface area contributed by atoms with Crippen LogP contribution in [-0.4, -0.2) is 28.4 Å². The monoisotopic (exact) mass is 315 g/mol. The van der Waals surface area contributed by atoms with Gasteiger partial charge in [-0.15, -0.1) is 11.6 Å². The molecule has 2 aliphatic rings. The van der Waals surface area contributed by atoms with Crippen LogP contribution in [0.1, 0.15) is 33.6 Å². The maximum atomic E-state index is 11.8. The van der Waals surface area contributed by atoms with E-state index in [0.717, 1.165) is 12.0 Å². The maximum absolute atomic E-state index is 11.8. The molecule has 0 spiro atoms. The molecule has 1 N–H and O–H groups in total. The molecule has 2 aliphatic carbocycles. The lowest BCUT2D eigenvalue weighted by Gasteiger charge is -2.55. The summed E-state index contributed by atoms with van der Waals surface area (Å²) >= 11 is 5.88. The molecule has 1 saturated carbocycles. The van der Waals surface area contributed by atoms with Gasteiger partial charge in [0.15, 0.2) is 0 Å². The molecule has 0 aromatic carbocycles. The van der Waals surface area contributed by atoms with Gasteiger partial charge < -0.3 is 5.11 Å². The van der Waals surface area contributed by atoms with E-state index in [1.54, 1.807) is 0 Å². The molecular formula is C15H22ClNO4. The molecule has 21 heavy (non-hydrogen) atoms. The summed E-state index contributed by atoms with van der Waals surface area (Å²) in [5.74, 6) is -0.951. The van der Waals surface area contributed by atoms with Gasteiger partial charge in [-0.25, -0.2) is 0 Å². The summed E-state index contributed by atoms with van der Waals surface area (Å²) < 4.78 is 0. The van der Waals surface area contributed by atoms with Crippen LogP contribution < -0.4 is 0 Å². The van der Waals surface area contributed by atoms with Crippen molar-refractivity contribution < 1.29 is 14.8 Å². The zero-order valence-electron chi connectivity index (χ0n) is 12.6. The molecule has 2 rings (SSSR count). The maximum Gasteiger partial charge on any atom is 0.307 e. The Balaban J connectivity index is 2.42. The third kappa shape index (κ3) is 2.68. The van der Waals surface area contributed by atoms with E-state index >= 15 is 0 Å². The topological polar surface area (TPSA) is 80.4 Å². The van der Waals surface area contributed by atoms with Gasteiger partial charge in [0.25, 0.3) is 0 Å². The Labute approximate surface area is 129 Å². The normalized spacial score (nSPS) is 32.9. The second-order valence-electron chi connectivity index (χ2n) is 7.51. The van der Waals surface area contributed by atoms with Crippen LogP contribution >= 0.6 is 11.6 Å². The predicted octanol–water partition coefficient (Wildman–Crippen LogP) is 3.20. The fourth-order valence-corrected chi connectivity index (χ4v) is 4.81. The van der Waals surface area contributed by atoms with Crippen LogP contribution in [0.2, 0.25) is 0 Å². The minimum Gasteiger partial charge on any atom is -0.481 e. The number of hydrogen-bond donors (Lipinski definition) is 1. The van der Waals surface area contributed by atoms with Gasteiger partial charge in [-0.1, -0.05) is 32.4 Å². The zero-order chi connectivity index (χ0) is 16.0. The van der Waals surface area contributed by atoms with Gasteiger partial charge in [0, 0.05) is 10.8 Å². The zero-order valence-corrected chi connectivity index (χ0v) is 13.4. The van der Waals surface area contributed by atoms with Crippen LogP contribution in [0.15, 0.2) is 11.6 Å². The van der Waals surface area contributed by atoms with E-state index in [1.807, 2.05) is 26.8 Å². The molecule has 4 atom stereocenters. The average molecular weight is 316 g/mol. The van der Waals surface area contributed by atoms with Crippen molar-refractivity contribution in [2.75, 3.05) is 12.4 Å². The lowest BCUT2D eigenvalue weighted by atomic mass is 9.46. The number of allylic oxidation sites excluding steroid dienone is 2. The van der Waals surface area contributed by atoms with E-state index in [9.17, 15) is 20.0 Å². The summed E-state index contributed by atoms with van der Waals surface area (Å²) in [6.45, 7) is 5.26. The molecule has 0 aromatic rings. The van der Waals surface area contributed by atoms with E-state index in [-0.39, 0.29) is 17.4 Å². The van der Waals surface area contributed by atoms with Gasteiger partial charge >= 0.3 is 5.97 Å². The number of carboxylic acids is 1. The summed E-state index contributed by atoms with van der Waals surface area (Å²) in [5, 5.41) is 20.9. The van der Waals surface area contributed by atoms with Crippen molar-refractivity contribution in [1.82, 2.24) is 0 Å². The molecule has 0 radical (unpaired) electrons. The minimum absolute atomic E-state index is 0.0306. The van der Waals surface area contributed by atoms with E-state index in [1.165, 1.54) is 0 Å². The van der Waals surface area contributed by atoms with Gasteiger partial charge in [0.1, 0.15) is 0 Å². The SMILES string of the molecule is CC(C)(C)C(C(=O)O)[C@]1(C[N+](=O)[O-])C[C@@H]2CC(CCl)=C[C@@H]21. The lowest BCUT2D eigenvalue weighted by Crippen LogP contribution is -2.59. The molecule has 0 heterocycles. The molecule has 0 amide bonds. The Morgan fingerprint density at radius 1 is 1.62 bits per heavy atom.